The van der Waals surface area contributed by atoms with Crippen LogP contribution in [0.5, 0.6) is 0 Å². The van der Waals surface area contributed by atoms with Crippen molar-refractivity contribution in [3.8, 4) is 0 Å². The van der Waals surface area contributed by atoms with Crippen molar-refractivity contribution >= 4 is 40.3 Å². The van der Waals surface area contributed by atoms with Gasteiger partial charge in [-0.05, 0) is 24.3 Å². The van der Waals surface area contributed by atoms with Crippen molar-refractivity contribution in [2.24, 2.45) is 0 Å². The van der Waals surface area contributed by atoms with E-state index in [1.165, 1.54) is 36.4 Å². The van der Waals surface area contributed by atoms with E-state index >= 15 is 0 Å². The third kappa shape index (κ3) is 2.77. The van der Waals surface area contributed by atoms with Crippen LogP contribution in [0.3, 0.4) is 0 Å². The molecule has 0 unspecified atom stereocenters. The molecule has 0 bridgehead atoms. The second kappa shape index (κ2) is 5.42. The highest BCUT2D eigenvalue weighted by molar-refractivity contribution is 6.34. The first-order chi connectivity index (χ1) is 9.00. The average molecular weight is 301 g/mol. The normalized spacial score (nSPS) is 10.3. The highest BCUT2D eigenvalue weighted by Gasteiger charge is 2.20. The summed E-state index contributed by atoms with van der Waals surface area (Å²) in [4.78, 5) is 10.3. The monoisotopic (exact) mass is 300 g/mol. The van der Waals surface area contributed by atoms with Crippen molar-refractivity contribution in [3.63, 3.8) is 0 Å². The summed E-state index contributed by atoms with van der Waals surface area (Å²) in [6.45, 7) is 0. The lowest BCUT2D eigenvalue weighted by atomic mass is 10.2. The van der Waals surface area contributed by atoms with E-state index in [1.54, 1.807) is 0 Å². The van der Waals surface area contributed by atoms with Gasteiger partial charge in [-0.15, -0.1) is 0 Å². The number of nitro benzene ring substituents is 1. The van der Waals surface area contributed by atoms with Gasteiger partial charge in [-0.3, -0.25) is 10.1 Å². The summed E-state index contributed by atoms with van der Waals surface area (Å²) < 4.78 is 13.6. The van der Waals surface area contributed by atoms with E-state index in [1.807, 2.05) is 0 Å². The second-order valence-corrected chi connectivity index (χ2v) is 4.43. The molecular formula is C12H7Cl2FN2O2. The number of benzene rings is 2. The summed E-state index contributed by atoms with van der Waals surface area (Å²) in [7, 11) is 0. The maximum Gasteiger partial charge on any atom is 0.311 e. The Morgan fingerprint density at radius 1 is 1.11 bits per heavy atom. The van der Waals surface area contributed by atoms with E-state index < -0.39 is 10.7 Å². The lowest BCUT2D eigenvalue weighted by Gasteiger charge is -2.10. The number of anilines is 2. The van der Waals surface area contributed by atoms with Gasteiger partial charge >= 0.3 is 5.69 Å². The van der Waals surface area contributed by atoms with Crippen LogP contribution in [0.25, 0.3) is 0 Å². The summed E-state index contributed by atoms with van der Waals surface area (Å²) in [5, 5.41) is 13.6. The van der Waals surface area contributed by atoms with Crippen LogP contribution in [0.15, 0.2) is 36.4 Å². The molecule has 4 nitrogen and oxygen atoms in total. The molecule has 2 aromatic rings. The molecule has 7 heteroatoms. The topological polar surface area (TPSA) is 55.2 Å². The van der Waals surface area contributed by atoms with Crippen LogP contribution in [0.4, 0.5) is 21.5 Å². The van der Waals surface area contributed by atoms with Crippen molar-refractivity contribution in [3.05, 3.63) is 62.4 Å². The minimum atomic E-state index is -0.639. The Hall–Kier alpha value is -1.85. The molecule has 0 aliphatic heterocycles. The third-order valence-electron chi connectivity index (χ3n) is 2.39. The third-order valence-corrected chi connectivity index (χ3v) is 3.01. The Morgan fingerprint density at radius 2 is 1.74 bits per heavy atom. The van der Waals surface area contributed by atoms with Gasteiger partial charge in [0.05, 0.1) is 15.6 Å². The fourth-order valence-corrected chi connectivity index (χ4v) is 2.01. The first kappa shape index (κ1) is 13.6. The summed E-state index contributed by atoms with van der Waals surface area (Å²) in [5.74, 6) is -0.609. The van der Waals surface area contributed by atoms with Gasteiger partial charge in [-0.25, -0.2) is 4.39 Å². The largest absolute Gasteiger partial charge is 0.346 e. The molecule has 2 aromatic carbocycles. The maximum atomic E-state index is 13.6. The first-order valence-corrected chi connectivity index (χ1v) is 5.90. The molecule has 0 amide bonds. The van der Waals surface area contributed by atoms with Crippen LogP contribution >= 0.6 is 23.2 Å². The van der Waals surface area contributed by atoms with Crippen LogP contribution in [-0.2, 0) is 0 Å². The maximum absolute atomic E-state index is 13.6. The van der Waals surface area contributed by atoms with E-state index in [4.69, 9.17) is 23.2 Å². The van der Waals surface area contributed by atoms with E-state index in [2.05, 4.69) is 5.32 Å². The summed E-state index contributed by atoms with van der Waals surface area (Å²) >= 11 is 11.6. The van der Waals surface area contributed by atoms with Crippen molar-refractivity contribution < 1.29 is 9.31 Å². The van der Waals surface area contributed by atoms with E-state index in [0.717, 1.165) is 0 Å². The molecule has 0 saturated heterocycles. The summed E-state index contributed by atoms with van der Waals surface area (Å²) in [6, 6.07) is 8.44. The molecule has 0 heterocycles. The highest BCUT2D eigenvalue weighted by atomic mass is 35.5. The fourth-order valence-electron chi connectivity index (χ4n) is 1.55. The van der Waals surface area contributed by atoms with Crippen molar-refractivity contribution in [1.29, 1.82) is 0 Å². The Bertz CT molecular complexity index is 629. The van der Waals surface area contributed by atoms with Gasteiger partial charge in [0.25, 0.3) is 0 Å². The molecule has 19 heavy (non-hydrogen) atoms. The number of nitro groups is 1. The van der Waals surface area contributed by atoms with Crippen LogP contribution in [0.1, 0.15) is 0 Å². The Balaban J connectivity index is 2.50. The molecule has 0 saturated carbocycles. The van der Waals surface area contributed by atoms with E-state index in [0.29, 0.717) is 0 Å². The zero-order chi connectivity index (χ0) is 14.0. The van der Waals surface area contributed by atoms with Gasteiger partial charge in [0.2, 0.25) is 0 Å². The number of nitrogens with one attached hydrogen (secondary N) is 1. The SMILES string of the molecule is O=[N+]([O-])c1c(Cl)cccc1Nc1c(F)cccc1Cl. The van der Waals surface area contributed by atoms with Gasteiger partial charge in [0.1, 0.15) is 16.5 Å². The van der Waals surface area contributed by atoms with Crippen molar-refractivity contribution in [1.82, 2.24) is 0 Å². The van der Waals surface area contributed by atoms with Crippen LogP contribution in [0, 0.1) is 15.9 Å². The lowest BCUT2D eigenvalue weighted by Crippen LogP contribution is -1.99. The Morgan fingerprint density at radius 3 is 2.37 bits per heavy atom. The van der Waals surface area contributed by atoms with Crippen LogP contribution in [0.2, 0.25) is 10.0 Å². The summed E-state index contributed by atoms with van der Waals surface area (Å²) in [5.41, 5.74) is -0.289. The average Bonchev–Trinajstić information content (AvgIpc) is 2.33. The molecule has 0 aliphatic rings. The Labute approximate surface area is 117 Å². The number of rotatable bonds is 3. The number of hydrogen-bond donors (Lipinski definition) is 1. The van der Waals surface area contributed by atoms with E-state index in [9.17, 15) is 14.5 Å². The van der Waals surface area contributed by atoms with Gasteiger partial charge in [-0.1, -0.05) is 35.3 Å². The molecular weight excluding hydrogens is 294 g/mol. The second-order valence-electron chi connectivity index (χ2n) is 3.61. The van der Waals surface area contributed by atoms with Crippen molar-refractivity contribution in [2.45, 2.75) is 0 Å². The molecule has 1 N–H and O–H groups in total. The molecule has 2 rings (SSSR count). The van der Waals surface area contributed by atoms with Gasteiger partial charge in [0, 0.05) is 0 Å². The minimum Gasteiger partial charge on any atom is -0.346 e. The van der Waals surface area contributed by atoms with Crippen LogP contribution in [-0.4, -0.2) is 4.92 Å². The lowest BCUT2D eigenvalue weighted by molar-refractivity contribution is -0.383. The predicted molar refractivity (Wildman–Crippen MR) is 72.8 cm³/mol. The highest BCUT2D eigenvalue weighted by Crippen LogP contribution is 2.36. The number of halogens is 3. The van der Waals surface area contributed by atoms with Crippen LogP contribution < -0.4 is 5.32 Å². The zero-order valence-electron chi connectivity index (χ0n) is 9.36. The summed E-state index contributed by atoms with van der Waals surface area (Å²) in [6.07, 6.45) is 0. The fraction of sp³-hybridized carbons (Fsp3) is 0. The smallest absolute Gasteiger partial charge is 0.311 e. The quantitative estimate of drug-likeness (QED) is 0.655. The molecule has 0 fully saturated rings. The standard InChI is InChI=1S/C12H7Cl2FN2O2/c13-7-3-1-5-9(15)11(7)16-10-6-2-4-8(14)12(10)17(18)19/h1-6,16H. The number of nitrogens with zero attached hydrogens (tertiary/aromatic N) is 1. The molecule has 98 valence electrons. The molecule has 0 atom stereocenters. The molecule has 0 aliphatic carbocycles. The number of para-hydroxylation sites is 2. The Kier molecular flexibility index (Phi) is 3.87. The van der Waals surface area contributed by atoms with Gasteiger partial charge < -0.3 is 5.32 Å². The van der Waals surface area contributed by atoms with E-state index in [-0.39, 0.29) is 27.1 Å². The van der Waals surface area contributed by atoms with Gasteiger partial charge in [-0.2, -0.15) is 0 Å². The molecule has 0 radical (unpaired) electrons. The first-order valence-electron chi connectivity index (χ1n) is 5.14. The molecule has 0 spiro atoms. The molecule has 0 aromatic heterocycles. The number of hydrogen-bond acceptors (Lipinski definition) is 3. The minimum absolute atomic E-state index is 0.0328. The zero-order valence-corrected chi connectivity index (χ0v) is 10.9. The van der Waals surface area contributed by atoms with Crippen molar-refractivity contribution in [2.75, 3.05) is 5.32 Å². The van der Waals surface area contributed by atoms with Gasteiger partial charge in [0.15, 0.2) is 0 Å². The predicted octanol–water partition coefficient (Wildman–Crippen LogP) is 4.78.